The van der Waals surface area contributed by atoms with Crippen molar-refractivity contribution in [2.24, 2.45) is 5.73 Å². The first-order valence-electron chi connectivity index (χ1n) is 6.52. The Balaban J connectivity index is 2.09. The smallest absolute Gasteiger partial charge is 0.0956 e. The molecular formula is C15H19N3. The lowest BCUT2D eigenvalue weighted by atomic mass is 9.98. The molecule has 2 heterocycles. The van der Waals surface area contributed by atoms with E-state index in [1.807, 2.05) is 6.33 Å². The van der Waals surface area contributed by atoms with E-state index in [1.165, 1.54) is 22.4 Å². The first kappa shape index (κ1) is 11.5. The zero-order valence-electron chi connectivity index (χ0n) is 11.0. The summed E-state index contributed by atoms with van der Waals surface area (Å²) >= 11 is 0. The van der Waals surface area contributed by atoms with Crippen LogP contribution in [0.3, 0.4) is 0 Å². The molecule has 94 valence electrons. The molecule has 1 aromatic heterocycles. The summed E-state index contributed by atoms with van der Waals surface area (Å²) in [5.41, 5.74) is 12.3. The summed E-state index contributed by atoms with van der Waals surface area (Å²) in [7, 11) is 0. The maximum absolute atomic E-state index is 6.07. The van der Waals surface area contributed by atoms with Crippen LogP contribution in [0.1, 0.15) is 23.2 Å². The molecule has 0 radical (unpaired) electrons. The van der Waals surface area contributed by atoms with Crippen molar-refractivity contribution in [2.75, 3.05) is 0 Å². The maximum Gasteiger partial charge on any atom is 0.0956 e. The van der Waals surface area contributed by atoms with Gasteiger partial charge < -0.3 is 10.3 Å². The molecule has 1 atom stereocenters. The number of rotatable bonds is 1. The van der Waals surface area contributed by atoms with Crippen LogP contribution in [0.2, 0.25) is 0 Å². The van der Waals surface area contributed by atoms with Crippen LogP contribution in [-0.2, 0) is 13.0 Å². The highest BCUT2D eigenvalue weighted by Crippen LogP contribution is 2.27. The lowest BCUT2D eigenvalue weighted by molar-refractivity contribution is 0.472. The van der Waals surface area contributed by atoms with E-state index < -0.39 is 0 Å². The van der Waals surface area contributed by atoms with Crippen LogP contribution in [0.15, 0.2) is 24.5 Å². The van der Waals surface area contributed by atoms with Crippen molar-refractivity contribution in [3.63, 3.8) is 0 Å². The molecule has 1 aliphatic rings. The zero-order valence-corrected chi connectivity index (χ0v) is 11.0. The van der Waals surface area contributed by atoms with Crippen LogP contribution in [0.5, 0.6) is 0 Å². The normalized spacial score (nSPS) is 18.7. The number of imidazole rings is 1. The highest BCUT2D eigenvalue weighted by Gasteiger charge is 2.20. The molecule has 0 aliphatic carbocycles. The molecule has 1 aromatic carbocycles. The van der Waals surface area contributed by atoms with Crippen molar-refractivity contribution in [1.82, 2.24) is 9.55 Å². The number of hydrogen-bond acceptors (Lipinski definition) is 2. The van der Waals surface area contributed by atoms with Crippen LogP contribution >= 0.6 is 0 Å². The van der Waals surface area contributed by atoms with E-state index in [0.717, 1.165) is 25.1 Å². The molecule has 3 rings (SSSR count). The molecule has 18 heavy (non-hydrogen) atoms. The molecule has 0 spiro atoms. The monoisotopic (exact) mass is 241 g/mol. The standard InChI is InChI=1S/C15H19N3/c1-10-5-11(2)7-12(6-10)15-14-8-13(16)3-4-18(14)9-17-15/h5-7,9,13H,3-4,8,16H2,1-2H3. The van der Waals surface area contributed by atoms with Gasteiger partial charge in [0.05, 0.1) is 12.0 Å². The molecule has 1 aliphatic heterocycles. The fraction of sp³-hybridized carbons (Fsp3) is 0.400. The summed E-state index contributed by atoms with van der Waals surface area (Å²) in [6.07, 6.45) is 3.94. The van der Waals surface area contributed by atoms with Crippen molar-refractivity contribution < 1.29 is 0 Å². The van der Waals surface area contributed by atoms with Gasteiger partial charge in [0.2, 0.25) is 0 Å². The third-order valence-electron chi connectivity index (χ3n) is 3.64. The molecule has 0 saturated carbocycles. The number of fused-ring (bicyclic) bond motifs is 1. The first-order valence-corrected chi connectivity index (χ1v) is 6.52. The van der Waals surface area contributed by atoms with Crippen molar-refractivity contribution in [2.45, 2.75) is 39.3 Å². The first-order chi connectivity index (χ1) is 8.63. The Morgan fingerprint density at radius 3 is 2.67 bits per heavy atom. The number of benzene rings is 1. The summed E-state index contributed by atoms with van der Waals surface area (Å²) < 4.78 is 2.25. The third kappa shape index (κ3) is 1.95. The quantitative estimate of drug-likeness (QED) is 0.833. The summed E-state index contributed by atoms with van der Waals surface area (Å²) in [5.74, 6) is 0. The molecule has 0 bridgehead atoms. The maximum atomic E-state index is 6.07. The zero-order chi connectivity index (χ0) is 12.7. The number of aryl methyl sites for hydroxylation is 3. The van der Waals surface area contributed by atoms with Gasteiger partial charge in [-0.1, -0.05) is 17.2 Å². The van der Waals surface area contributed by atoms with Crippen molar-refractivity contribution in [3.05, 3.63) is 41.3 Å². The second-order valence-corrected chi connectivity index (χ2v) is 5.36. The lowest BCUT2D eigenvalue weighted by Gasteiger charge is -2.21. The number of aromatic nitrogens is 2. The second-order valence-electron chi connectivity index (χ2n) is 5.36. The van der Waals surface area contributed by atoms with Gasteiger partial charge in [0.25, 0.3) is 0 Å². The Kier molecular flexibility index (Phi) is 2.71. The predicted molar refractivity (Wildman–Crippen MR) is 73.4 cm³/mol. The fourth-order valence-corrected chi connectivity index (χ4v) is 2.82. The molecule has 3 heteroatoms. The van der Waals surface area contributed by atoms with Crippen molar-refractivity contribution >= 4 is 0 Å². The van der Waals surface area contributed by atoms with Crippen molar-refractivity contribution in [3.8, 4) is 11.3 Å². The highest BCUT2D eigenvalue weighted by molar-refractivity contribution is 5.64. The Labute approximate surface area is 108 Å². The van der Waals surface area contributed by atoms with Gasteiger partial charge in [-0.25, -0.2) is 4.98 Å². The Morgan fingerprint density at radius 2 is 1.94 bits per heavy atom. The van der Waals surface area contributed by atoms with E-state index in [0.29, 0.717) is 0 Å². The minimum Gasteiger partial charge on any atom is -0.334 e. The van der Waals surface area contributed by atoms with Gasteiger partial charge in [-0.15, -0.1) is 0 Å². The molecule has 1 unspecified atom stereocenters. The molecule has 0 saturated heterocycles. The van der Waals surface area contributed by atoms with Gasteiger partial charge >= 0.3 is 0 Å². The molecule has 3 nitrogen and oxygen atoms in total. The van der Waals surface area contributed by atoms with Gasteiger partial charge in [0.15, 0.2) is 0 Å². The van der Waals surface area contributed by atoms with E-state index in [1.54, 1.807) is 0 Å². The van der Waals surface area contributed by atoms with Crippen LogP contribution in [0.4, 0.5) is 0 Å². The van der Waals surface area contributed by atoms with Gasteiger partial charge in [-0.05, 0) is 32.4 Å². The molecular weight excluding hydrogens is 222 g/mol. The molecule has 2 N–H and O–H groups in total. The molecule has 0 amide bonds. The van der Waals surface area contributed by atoms with Gasteiger partial charge in [-0.3, -0.25) is 0 Å². The predicted octanol–water partition coefficient (Wildman–Crippen LogP) is 2.44. The van der Waals surface area contributed by atoms with E-state index in [4.69, 9.17) is 5.73 Å². The number of nitrogens with zero attached hydrogens (tertiary/aromatic N) is 2. The lowest BCUT2D eigenvalue weighted by Crippen LogP contribution is -2.30. The van der Waals surface area contributed by atoms with Crippen molar-refractivity contribution in [1.29, 1.82) is 0 Å². The number of nitrogens with two attached hydrogens (primary N) is 1. The van der Waals surface area contributed by atoms with Gasteiger partial charge in [-0.2, -0.15) is 0 Å². The van der Waals surface area contributed by atoms with Crippen LogP contribution in [0.25, 0.3) is 11.3 Å². The Hall–Kier alpha value is -1.61. The van der Waals surface area contributed by atoms with Crippen LogP contribution in [-0.4, -0.2) is 15.6 Å². The SMILES string of the molecule is Cc1cc(C)cc(-c2ncn3c2CC(N)CC3)c1. The second kappa shape index (κ2) is 4.25. The van der Waals surface area contributed by atoms with Gasteiger partial charge in [0.1, 0.15) is 0 Å². The summed E-state index contributed by atoms with van der Waals surface area (Å²) in [6.45, 7) is 5.25. The molecule has 2 aromatic rings. The Bertz CT molecular complexity index is 563. The van der Waals surface area contributed by atoms with E-state index >= 15 is 0 Å². The fourth-order valence-electron chi connectivity index (χ4n) is 2.82. The minimum atomic E-state index is 0.277. The third-order valence-corrected chi connectivity index (χ3v) is 3.64. The minimum absolute atomic E-state index is 0.277. The Morgan fingerprint density at radius 1 is 1.22 bits per heavy atom. The summed E-state index contributed by atoms with van der Waals surface area (Å²) in [6, 6.07) is 6.88. The van der Waals surface area contributed by atoms with E-state index in [2.05, 4.69) is 41.6 Å². The van der Waals surface area contributed by atoms with Crippen LogP contribution < -0.4 is 5.73 Å². The van der Waals surface area contributed by atoms with Crippen LogP contribution in [0, 0.1) is 13.8 Å². The average Bonchev–Trinajstić information content (AvgIpc) is 2.70. The highest BCUT2D eigenvalue weighted by atomic mass is 15.1. The van der Waals surface area contributed by atoms with E-state index in [-0.39, 0.29) is 6.04 Å². The largest absolute Gasteiger partial charge is 0.334 e. The molecule has 0 fully saturated rings. The average molecular weight is 241 g/mol. The summed E-state index contributed by atoms with van der Waals surface area (Å²) in [5, 5.41) is 0. The van der Waals surface area contributed by atoms with E-state index in [9.17, 15) is 0 Å². The topological polar surface area (TPSA) is 43.8 Å². The summed E-state index contributed by atoms with van der Waals surface area (Å²) in [4.78, 5) is 4.59. The number of hydrogen-bond donors (Lipinski definition) is 1. The van der Waals surface area contributed by atoms with Gasteiger partial charge in [0, 0.05) is 30.3 Å².